The lowest BCUT2D eigenvalue weighted by Crippen LogP contribution is -2.34. The predicted molar refractivity (Wildman–Crippen MR) is 191 cm³/mol. The molecule has 2 N–H and O–H groups in total. The molecule has 2 aliphatic carbocycles. The van der Waals surface area contributed by atoms with Crippen molar-refractivity contribution in [1.82, 2.24) is 0 Å². The maximum atomic E-state index is 13.9. The molecule has 2 aliphatic heterocycles. The molecule has 2 heterocycles. The van der Waals surface area contributed by atoms with Gasteiger partial charge in [0.2, 0.25) is 0 Å². The van der Waals surface area contributed by atoms with Crippen LogP contribution in [0.1, 0.15) is 87.5 Å². The van der Waals surface area contributed by atoms with E-state index in [9.17, 15) is 9.59 Å². The normalized spacial score (nSPS) is 22.2. The third kappa shape index (κ3) is 4.84. The maximum absolute atomic E-state index is 13.9. The number of carbonyl (C=O) groups is 2. The van der Waals surface area contributed by atoms with E-state index in [2.05, 4.69) is 86.9 Å². The number of fused-ring (bicyclic) bond motifs is 5. The van der Waals surface area contributed by atoms with Gasteiger partial charge in [0.1, 0.15) is 11.5 Å². The minimum atomic E-state index is -0.183. The summed E-state index contributed by atoms with van der Waals surface area (Å²) in [5.74, 6) is 1.63. The Morgan fingerprint density at radius 2 is 0.917 bits per heavy atom. The molecule has 48 heavy (non-hydrogen) atoms. The molecular weight excluding hydrogens is 596 g/mol. The van der Waals surface area contributed by atoms with Gasteiger partial charge in [0.15, 0.2) is 11.6 Å². The summed E-state index contributed by atoms with van der Waals surface area (Å²) in [6.07, 6.45) is 2.65. The Labute approximate surface area is 282 Å². The third-order valence-corrected chi connectivity index (χ3v) is 10.8. The number of hydrogen-bond acceptors (Lipinski definition) is 6. The highest BCUT2D eigenvalue weighted by atomic mass is 16.5. The summed E-state index contributed by atoms with van der Waals surface area (Å²) in [6, 6.07) is 25.1. The molecule has 0 bridgehead atoms. The van der Waals surface area contributed by atoms with Gasteiger partial charge < -0.3 is 20.1 Å². The van der Waals surface area contributed by atoms with Crippen LogP contribution in [-0.4, -0.2) is 25.8 Å². The first kappa shape index (κ1) is 30.5. The van der Waals surface area contributed by atoms with E-state index in [1.807, 2.05) is 24.3 Å². The second-order valence-electron chi connectivity index (χ2n) is 15.5. The highest BCUT2D eigenvalue weighted by Crippen LogP contribution is 2.54. The van der Waals surface area contributed by atoms with Gasteiger partial charge in [-0.15, -0.1) is 0 Å². The molecule has 0 amide bonds. The van der Waals surface area contributed by atoms with Crippen LogP contribution in [0.3, 0.4) is 0 Å². The molecule has 0 radical (unpaired) electrons. The second kappa shape index (κ2) is 10.8. The molecule has 2 atom stereocenters. The van der Waals surface area contributed by atoms with Crippen LogP contribution in [0.5, 0.6) is 11.5 Å². The zero-order chi connectivity index (χ0) is 33.5. The van der Waals surface area contributed by atoms with E-state index in [-0.39, 0.29) is 34.2 Å². The van der Waals surface area contributed by atoms with Crippen LogP contribution in [0.4, 0.5) is 11.4 Å². The molecule has 0 spiro atoms. The highest BCUT2D eigenvalue weighted by molar-refractivity contribution is 6.10. The summed E-state index contributed by atoms with van der Waals surface area (Å²) < 4.78 is 10.9. The molecule has 0 saturated heterocycles. The maximum Gasteiger partial charge on any atom is 0.162 e. The Balaban J connectivity index is 1.33. The molecule has 4 aliphatic rings. The van der Waals surface area contributed by atoms with Crippen LogP contribution < -0.4 is 20.1 Å². The Hall–Kier alpha value is -4.84. The highest BCUT2D eigenvalue weighted by Gasteiger charge is 2.43. The number of ketones is 2. The molecule has 6 nitrogen and oxygen atoms in total. The molecule has 0 aromatic heterocycles. The van der Waals surface area contributed by atoms with Crippen LogP contribution in [0.25, 0.3) is 10.8 Å². The zero-order valence-corrected chi connectivity index (χ0v) is 28.5. The van der Waals surface area contributed by atoms with Gasteiger partial charge in [0, 0.05) is 58.0 Å². The van der Waals surface area contributed by atoms with Crippen LogP contribution in [0, 0.1) is 10.8 Å². The van der Waals surface area contributed by atoms with Crippen molar-refractivity contribution in [2.45, 2.75) is 65.2 Å². The monoisotopic (exact) mass is 638 g/mol. The summed E-state index contributed by atoms with van der Waals surface area (Å²) in [5, 5.41) is 9.82. The fourth-order valence-electron chi connectivity index (χ4n) is 8.66. The van der Waals surface area contributed by atoms with E-state index in [1.165, 1.54) is 0 Å². The summed E-state index contributed by atoms with van der Waals surface area (Å²) in [7, 11) is 3.34. The van der Waals surface area contributed by atoms with Gasteiger partial charge in [0.05, 0.1) is 25.6 Å². The molecule has 0 fully saturated rings. The van der Waals surface area contributed by atoms with Crippen molar-refractivity contribution in [1.29, 1.82) is 0 Å². The molecule has 244 valence electrons. The van der Waals surface area contributed by atoms with E-state index in [4.69, 9.17) is 9.47 Å². The van der Waals surface area contributed by atoms with Crippen molar-refractivity contribution in [2.24, 2.45) is 10.8 Å². The topological polar surface area (TPSA) is 76.7 Å². The lowest BCUT2D eigenvalue weighted by atomic mass is 9.67. The van der Waals surface area contributed by atoms with E-state index in [0.29, 0.717) is 12.8 Å². The average Bonchev–Trinajstić information content (AvgIpc) is 3.05. The van der Waals surface area contributed by atoms with Gasteiger partial charge in [-0.1, -0.05) is 76.2 Å². The molecule has 4 aromatic rings. The number of ether oxygens (including phenoxy) is 2. The zero-order valence-electron chi connectivity index (χ0n) is 28.5. The number of methoxy groups -OCH3 is 2. The number of benzene rings is 4. The molecule has 4 aromatic carbocycles. The number of allylic oxidation sites excluding steroid dienone is 4. The van der Waals surface area contributed by atoms with E-state index in [0.717, 1.165) is 91.3 Å². The predicted octanol–water partition coefficient (Wildman–Crippen LogP) is 9.26. The quantitative estimate of drug-likeness (QED) is 0.232. The minimum Gasteiger partial charge on any atom is -0.497 e. The fraction of sp³-hybridized carbons (Fsp3) is 0.333. The molecule has 0 saturated carbocycles. The lowest BCUT2D eigenvalue weighted by molar-refractivity contribution is -0.119. The summed E-state index contributed by atoms with van der Waals surface area (Å²) in [6.45, 7) is 8.70. The number of hydrogen-bond donors (Lipinski definition) is 2. The first-order chi connectivity index (χ1) is 23.0. The smallest absolute Gasteiger partial charge is 0.162 e. The average molecular weight is 639 g/mol. The van der Waals surface area contributed by atoms with Gasteiger partial charge >= 0.3 is 0 Å². The first-order valence-electron chi connectivity index (χ1n) is 16.9. The van der Waals surface area contributed by atoms with Crippen molar-refractivity contribution in [3.8, 4) is 11.5 Å². The Kier molecular flexibility index (Phi) is 6.89. The van der Waals surface area contributed by atoms with Gasteiger partial charge in [0.25, 0.3) is 0 Å². The third-order valence-electron chi connectivity index (χ3n) is 10.8. The van der Waals surface area contributed by atoms with Crippen LogP contribution in [0.2, 0.25) is 0 Å². The Bertz CT molecular complexity index is 1930. The standard InChI is InChI=1S/C42H42N2O4/c1-41(2)19-31-37(33(45)21-41)35(23-7-11-25(47-5)12-8-23)29-17-16-28-27(39(29)43-31)15-18-30-36(24-9-13-26(48-6)14-10-24)38-32(44-40(28)30)20-42(3,4)22-34(38)46/h7-18,35-36,43-44H,19-22H2,1-6H3. The van der Waals surface area contributed by atoms with Crippen molar-refractivity contribution in [3.63, 3.8) is 0 Å². The first-order valence-corrected chi connectivity index (χ1v) is 16.9. The Morgan fingerprint density at radius 1 is 0.542 bits per heavy atom. The number of Topliss-reactive ketones (excluding diaryl/α,β-unsaturated/α-hetero) is 2. The van der Waals surface area contributed by atoms with Crippen molar-refractivity contribution < 1.29 is 19.1 Å². The second-order valence-corrected chi connectivity index (χ2v) is 15.5. The van der Waals surface area contributed by atoms with Crippen molar-refractivity contribution in [2.75, 3.05) is 24.9 Å². The summed E-state index contributed by atoms with van der Waals surface area (Å²) >= 11 is 0. The van der Waals surface area contributed by atoms with Gasteiger partial charge in [-0.2, -0.15) is 0 Å². The van der Waals surface area contributed by atoms with Gasteiger partial charge in [-0.25, -0.2) is 0 Å². The minimum absolute atomic E-state index is 0.134. The van der Waals surface area contributed by atoms with Crippen LogP contribution >= 0.6 is 0 Å². The summed E-state index contributed by atoms with van der Waals surface area (Å²) in [4.78, 5) is 27.7. The molecule has 6 heteroatoms. The van der Waals surface area contributed by atoms with E-state index in [1.54, 1.807) is 14.2 Å². The van der Waals surface area contributed by atoms with E-state index < -0.39 is 0 Å². The van der Waals surface area contributed by atoms with Gasteiger partial charge in [-0.05, 0) is 70.2 Å². The van der Waals surface area contributed by atoms with Crippen molar-refractivity contribution in [3.05, 3.63) is 118 Å². The van der Waals surface area contributed by atoms with Crippen LogP contribution in [-0.2, 0) is 9.59 Å². The van der Waals surface area contributed by atoms with Gasteiger partial charge in [-0.3, -0.25) is 9.59 Å². The molecule has 8 rings (SSSR count). The van der Waals surface area contributed by atoms with Crippen LogP contribution in [0.15, 0.2) is 95.3 Å². The lowest BCUT2D eigenvalue weighted by Gasteiger charge is -2.41. The number of carbonyl (C=O) groups excluding carboxylic acids is 2. The largest absolute Gasteiger partial charge is 0.497 e. The van der Waals surface area contributed by atoms with E-state index >= 15 is 0 Å². The number of anilines is 2. The Morgan fingerprint density at radius 3 is 1.27 bits per heavy atom. The number of nitrogens with one attached hydrogen (secondary N) is 2. The summed E-state index contributed by atoms with van der Waals surface area (Å²) in [5.41, 5.74) is 9.94. The van der Waals surface area contributed by atoms with Crippen molar-refractivity contribution >= 4 is 33.7 Å². The molecule has 2 unspecified atom stereocenters. The molecular formula is C42H42N2O4. The SMILES string of the molecule is COc1ccc(C2C3=C(CC(C)(C)CC3=O)Nc3c2ccc2c4c(ccc32)C(c2ccc(OC)cc2)C2=C(CC(C)(C)CC2=O)N4)cc1. The fourth-order valence-corrected chi connectivity index (χ4v) is 8.66. The number of rotatable bonds is 4.